The molecule has 3 N–H and O–H groups in total. The van der Waals surface area contributed by atoms with Crippen LogP contribution in [0.5, 0.6) is 5.75 Å². The summed E-state index contributed by atoms with van der Waals surface area (Å²) in [5.41, 5.74) is 0.0775. The fourth-order valence-corrected chi connectivity index (χ4v) is 4.97. The van der Waals surface area contributed by atoms with Crippen LogP contribution in [0, 0.1) is 0 Å². The Kier molecular flexibility index (Phi) is 5.98. The third-order valence-corrected chi connectivity index (χ3v) is 7.08. The van der Waals surface area contributed by atoms with Crippen LogP contribution in [0.15, 0.2) is 50.9 Å². The van der Waals surface area contributed by atoms with Gasteiger partial charge >= 0.3 is 0 Å². The molecule has 2 amide bonds. The van der Waals surface area contributed by atoms with Gasteiger partial charge in [0.15, 0.2) is 5.75 Å². The molecule has 0 spiro atoms. The lowest BCUT2D eigenvalue weighted by Crippen LogP contribution is -2.20. The van der Waals surface area contributed by atoms with Crippen molar-refractivity contribution in [1.29, 1.82) is 0 Å². The molecule has 0 atom stereocenters. The van der Waals surface area contributed by atoms with Gasteiger partial charge in [-0.25, -0.2) is 4.98 Å². The molecule has 0 fully saturated rings. The van der Waals surface area contributed by atoms with Gasteiger partial charge < -0.3 is 19.8 Å². The van der Waals surface area contributed by atoms with Crippen LogP contribution in [-0.2, 0) is 26.2 Å². The molecule has 0 unspecified atom stereocenters. The molecule has 1 aromatic carbocycles. The van der Waals surface area contributed by atoms with Crippen molar-refractivity contribution in [1.82, 2.24) is 10.3 Å². The Balaban J connectivity index is 1.72. The lowest BCUT2D eigenvalue weighted by molar-refractivity contribution is -0.116. The fourth-order valence-electron chi connectivity index (χ4n) is 3.07. The van der Waals surface area contributed by atoms with Crippen LogP contribution in [0.4, 0.5) is 11.4 Å². The molecule has 33 heavy (non-hydrogen) atoms. The first-order chi connectivity index (χ1) is 15.8. The number of rotatable bonds is 8. The monoisotopic (exact) mass is 488 g/mol. The van der Waals surface area contributed by atoms with Crippen molar-refractivity contribution in [3.63, 3.8) is 0 Å². The first-order valence-corrected chi connectivity index (χ1v) is 11.7. The number of sulfonamides is 1. The number of carbonyl (C=O) groups is 3. The molecule has 3 heterocycles. The number of anilines is 2. The number of methoxy groups -OCH3 is 1. The molecular formula is C20H16N4O7S2. The maximum absolute atomic E-state index is 12.7. The standard InChI is InChI=1S/C20H16N4O7S2/c1-30-18-12(4-5-15(25)22-10-11-3-2-7-31-11)14(9-13-16(18)23-19(27)17(13)26)24-33(28,29)20-21-6-8-32-20/h2-9,24H,10H2,1H3,(H,22,25)(H,23,26,27). The summed E-state index contributed by atoms with van der Waals surface area (Å²) in [6, 6.07) is 4.59. The van der Waals surface area contributed by atoms with E-state index in [9.17, 15) is 22.8 Å². The molecule has 0 saturated heterocycles. The Morgan fingerprint density at radius 3 is 2.85 bits per heavy atom. The van der Waals surface area contributed by atoms with E-state index in [1.807, 2.05) is 0 Å². The SMILES string of the molecule is COc1c(C=CC(=O)NCc2ccco2)c(NS(=O)(=O)c2nccs2)cc2c1NC(=O)C2=O. The number of ether oxygens (including phenoxy) is 1. The predicted molar refractivity (Wildman–Crippen MR) is 118 cm³/mol. The molecule has 11 nitrogen and oxygen atoms in total. The number of nitrogens with zero attached hydrogens (tertiary/aromatic N) is 1. The van der Waals surface area contributed by atoms with E-state index >= 15 is 0 Å². The summed E-state index contributed by atoms with van der Waals surface area (Å²) in [6.07, 6.45) is 5.28. The van der Waals surface area contributed by atoms with Crippen molar-refractivity contribution in [3.8, 4) is 5.75 Å². The van der Waals surface area contributed by atoms with Gasteiger partial charge in [-0.1, -0.05) is 0 Å². The Morgan fingerprint density at radius 1 is 1.36 bits per heavy atom. The number of carbonyl (C=O) groups excluding carboxylic acids is 3. The van der Waals surface area contributed by atoms with Gasteiger partial charge in [0.2, 0.25) is 10.2 Å². The van der Waals surface area contributed by atoms with Crippen molar-refractivity contribution >= 4 is 56.4 Å². The number of hydrogen-bond donors (Lipinski definition) is 3. The van der Waals surface area contributed by atoms with Gasteiger partial charge in [-0.05, 0) is 24.3 Å². The molecule has 1 aliphatic rings. The van der Waals surface area contributed by atoms with Crippen LogP contribution in [0.3, 0.4) is 0 Å². The van der Waals surface area contributed by atoms with E-state index in [1.54, 1.807) is 12.1 Å². The predicted octanol–water partition coefficient (Wildman–Crippen LogP) is 2.01. The van der Waals surface area contributed by atoms with Gasteiger partial charge in [0.25, 0.3) is 21.7 Å². The second-order valence-electron chi connectivity index (χ2n) is 6.61. The highest BCUT2D eigenvalue weighted by Gasteiger charge is 2.34. The van der Waals surface area contributed by atoms with E-state index < -0.39 is 27.6 Å². The molecule has 0 saturated carbocycles. The van der Waals surface area contributed by atoms with Crippen LogP contribution in [0.2, 0.25) is 0 Å². The van der Waals surface area contributed by atoms with Crippen LogP contribution >= 0.6 is 11.3 Å². The molecule has 1 aliphatic heterocycles. The number of furan rings is 1. The molecule has 4 rings (SSSR count). The number of hydrogen-bond acceptors (Lipinski definition) is 9. The third-order valence-electron chi connectivity index (χ3n) is 4.52. The van der Waals surface area contributed by atoms with Crippen molar-refractivity contribution in [2.75, 3.05) is 17.1 Å². The third kappa shape index (κ3) is 4.49. The van der Waals surface area contributed by atoms with E-state index in [-0.39, 0.29) is 39.1 Å². The molecule has 2 aromatic heterocycles. The van der Waals surface area contributed by atoms with Gasteiger partial charge in [-0.2, -0.15) is 8.42 Å². The summed E-state index contributed by atoms with van der Waals surface area (Å²) in [6.45, 7) is 0.144. The van der Waals surface area contributed by atoms with E-state index in [2.05, 4.69) is 20.3 Å². The topological polar surface area (TPSA) is 157 Å². The highest BCUT2D eigenvalue weighted by atomic mass is 32.2. The second kappa shape index (κ2) is 8.88. The average molecular weight is 489 g/mol. The molecular weight excluding hydrogens is 472 g/mol. The summed E-state index contributed by atoms with van der Waals surface area (Å²) in [7, 11) is -2.82. The van der Waals surface area contributed by atoms with E-state index in [4.69, 9.17) is 9.15 Å². The maximum Gasteiger partial charge on any atom is 0.296 e. The lowest BCUT2D eigenvalue weighted by Gasteiger charge is -2.16. The smallest absolute Gasteiger partial charge is 0.296 e. The van der Waals surface area contributed by atoms with Gasteiger partial charge in [0.05, 0.1) is 36.9 Å². The first kappa shape index (κ1) is 22.2. The molecule has 0 radical (unpaired) electrons. The van der Waals surface area contributed by atoms with Crippen LogP contribution < -0.4 is 20.1 Å². The number of amides is 2. The Labute approximate surface area is 191 Å². The number of ketones is 1. The van der Waals surface area contributed by atoms with E-state index in [1.165, 1.54) is 37.1 Å². The van der Waals surface area contributed by atoms with Gasteiger partial charge in [-0.3, -0.25) is 19.1 Å². The summed E-state index contributed by atoms with van der Waals surface area (Å²) < 4.78 is 38.2. The molecule has 13 heteroatoms. The first-order valence-electron chi connectivity index (χ1n) is 9.31. The number of benzene rings is 1. The fraction of sp³-hybridized carbons (Fsp3) is 0.100. The number of nitrogens with one attached hydrogen (secondary N) is 3. The van der Waals surface area contributed by atoms with Crippen LogP contribution in [-0.4, -0.2) is 38.1 Å². The zero-order valence-corrected chi connectivity index (χ0v) is 18.6. The Morgan fingerprint density at radius 2 is 2.18 bits per heavy atom. The van der Waals surface area contributed by atoms with Crippen molar-refractivity contribution in [3.05, 3.63) is 59.0 Å². The minimum atomic E-state index is -4.11. The zero-order chi connectivity index (χ0) is 23.6. The van der Waals surface area contributed by atoms with Gasteiger partial charge in [-0.15, -0.1) is 11.3 Å². The summed E-state index contributed by atoms with van der Waals surface area (Å²) in [5, 5.41) is 6.52. The van der Waals surface area contributed by atoms with Gasteiger partial charge in [0, 0.05) is 23.2 Å². The number of thiazole rings is 1. The second-order valence-corrected chi connectivity index (χ2v) is 9.36. The average Bonchev–Trinajstić information content (AvgIpc) is 3.54. The zero-order valence-electron chi connectivity index (χ0n) is 16.9. The summed E-state index contributed by atoms with van der Waals surface area (Å²) in [5.74, 6) is -1.66. The largest absolute Gasteiger partial charge is 0.494 e. The van der Waals surface area contributed by atoms with E-state index in [0.29, 0.717) is 5.76 Å². The number of aromatic nitrogens is 1. The van der Waals surface area contributed by atoms with Crippen LogP contribution in [0.1, 0.15) is 21.7 Å². The summed E-state index contributed by atoms with van der Waals surface area (Å²) >= 11 is 0.898. The number of fused-ring (bicyclic) bond motifs is 1. The molecule has 0 aliphatic carbocycles. The van der Waals surface area contributed by atoms with Crippen molar-refractivity contribution in [2.24, 2.45) is 0 Å². The highest BCUT2D eigenvalue weighted by molar-refractivity contribution is 7.94. The van der Waals surface area contributed by atoms with Crippen molar-refractivity contribution < 1.29 is 32.0 Å². The van der Waals surface area contributed by atoms with Crippen molar-refractivity contribution in [2.45, 2.75) is 10.9 Å². The molecule has 170 valence electrons. The summed E-state index contributed by atoms with van der Waals surface area (Å²) in [4.78, 5) is 40.2. The van der Waals surface area contributed by atoms with E-state index in [0.717, 1.165) is 17.4 Å². The Bertz CT molecular complexity index is 1360. The quantitative estimate of drug-likeness (QED) is 0.321. The number of Topliss-reactive ketones (excluding diaryl/α,β-unsaturated/α-hetero) is 1. The minimum absolute atomic E-state index is 0.0126. The lowest BCUT2D eigenvalue weighted by atomic mass is 10.0. The normalized spacial score (nSPS) is 13.1. The minimum Gasteiger partial charge on any atom is -0.494 e. The maximum atomic E-state index is 12.7. The molecule has 0 bridgehead atoms. The van der Waals surface area contributed by atoms with Crippen LogP contribution in [0.25, 0.3) is 6.08 Å². The van der Waals surface area contributed by atoms with Gasteiger partial charge in [0.1, 0.15) is 5.76 Å². The Hall–Kier alpha value is -3.97. The highest BCUT2D eigenvalue weighted by Crippen LogP contribution is 2.42. The molecule has 3 aromatic rings.